The van der Waals surface area contributed by atoms with Crippen LogP contribution in [0.3, 0.4) is 0 Å². The molecule has 0 bridgehead atoms. The topological polar surface area (TPSA) is 45.1 Å². The second-order valence-electron chi connectivity index (χ2n) is 6.37. The van der Waals surface area contributed by atoms with Crippen LogP contribution in [0.15, 0.2) is 64.4 Å². The average molecular weight is 383 g/mol. The van der Waals surface area contributed by atoms with E-state index in [-0.39, 0.29) is 18.0 Å². The van der Waals surface area contributed by atoms with E-state index in [1.54, 1.807) is 17.4 Å². The van der Waals surface area contributed by atoms with Crippen molar-refractivity contribution in [2.45, 2.75) is 18.7 Å². The number of halogens is 1. The van der Waals surface area contributed by atoms with Gasteiger partial charge in [0.1, 0.15) is 11.5 Å². The molecule has 0 radical (unpaired) electrons. The third-order valence-electron chi connectivity index (χ3n) is 4.80. The summed E-state index contributed by atoms with van der Waals surface area (Å²) in [6.45, 7) is 0. The Morgan fingerprint density at radius 2 is 2.08 bits per heavy atom. The Labute approximate surface area is 159 Å². The van der Waals surface area contributed by atoms with Gasteiger partial charge in [0.25, 0.3) is 0 Å². The van der Waals surface area contributed by atoms with Crippen LogP contribution in [-0.2, 0) is 0 Å². The lowest BCUT2D eigenvalue weighted by atomic mass is 9.96. The largest absolute Gasteiger partial charge is 0.507 e. The molecule has 6 heteroatoms. The van der Waals surface area contributed by atoms with Crippen molar-refractivity contribution < 1.29 is 9.84 Å². The number of thiophene rings is 1. The predicted octanol–water partition coefficient (Wildman–Crippen LogP) is 5.35. The lowest BCUT2D eigenvalue weighted by molar-refractivity contribution is -0.0187. The molecule has 1 N–H and O–H groups in total. The van der Waals surface area contributed by atoms with Crippen LogP contribution in [0.2, 0.25) is 5.02 Å². The number of fused-ring (bicyclic) bond motifs is 3. The highest BCUT2D eigenvalue weighted by atomic mass is 35.5. The maximum Gasteiger partial charge on any atom is 0.214 e. The van der Waals surface area contributed by atoms with E-state index in [1.807, 2.05) is 46.8 Å². The Kier molecular flexibility index (Phi) is 3.65. The third kappa shape index (κ3) is 2.47. The number of aromatic hydroxyl groups is 1. The molecular weight excluding hydrogens is 368 g/mol. The van der Waals surface area contributed by atoms with Crippen molar-refractivity contribution in [2.75, 3.05) is 0 Å². The molecule has 0 fully saturated rings. The summed E-state index contributed by atoms with van der Waals surface area (Å²) < 4.78 is 6.26. The number of nitrogens with zero attached hydrogens (tertiary/aromatic N) is 2. The van der Waals surface area contributed by atoms with E-state index in [2.05, 4.69) is 11.4 Å². The highest BCUT2D eigenvalue weighted by Gasteiger charge is 2.41. The van der Waals surface area contributed by atoms with E-state index in [0.29, 0.717) is 11.4 Å². The maximum absolute atomic E-state index is 10.2. The van der Waals surface area contributed by atoms with Crippen LogP contribution >= 0.6 is 22.9 Å². The van der Waals surface area contributed by atoms with Crippen LogP contribution in [-0.4, -0.2) is 15.8 Å². The Hall–Kier alpha value is -2.50. The first-order chi connectivity index (χ1) is 12.7. The zero-order valence-electron chi connectivity index (χ0n) is 13.7. The molecule has 0 spiro atoms. The molecule has 0 unspecified atom stereocenters. The van der Waals surface area contributed by atoms with E-state index in [1.165, 1.54) is 0 Å². The smallest absolute Gasteiger partial charge is 0.214 e. The van der Waals surface area contributed by atoms with Crippen LogP contribution < -0.4 is 4.74 Å². The van der Waals surface area contributed by atoms with E-state index in [0.717, 1.165) is 28.2 Å². The zero-order valence-corrected chi connectivity index (χ0v) is 15.2. The Bertz CT molecular complexity index is 1000. The molecule has 130 valence electrons. The number of phenolic OH excluding ortho intramolecular Hbond substituents is 1. The number of ether oxygens (including phenoxy) is 1. The van der Waals surface area contributed by atoms with Gasteiger partial charge in [0.15, 0.2) is 0 Å². The minimum absolute atomic E-state index is 0.0250. The van der Waals surface area contributed by atoms with Gasteiger partial charge in [-0.25, -0.2) is 5.01 Å². The maximum atomic E-state index is 10.2. The van der Waals surface area contributed by atoms with Crippen molar-refractivity contribution in [3.8, 4) is 11.5 Å². The van der Waals surface area contributed by atoms with Crippen LogP contribution in [0, 0.1) is 0 Å². The standard InChI is InChI=1S/C20H15ClN2O2S/c21-13-5-6-19-15(9-13)17-10-16(14-3-1-2-4-18(14)24)22-23(17)20(25-19)12-7-8-26-11-12/h1-9,11,17,20,24H,10H2/t17-,20-/m1/s1. The fourth-order valence-electron chi connectivity index (χ4n) is 3.57. The molecule has 0 amide bonds. The fraction of sp³-hybridized carbons (Fsp3) is 0.150. The molecule has 3 heterocycles. The average Bonchev–Trinajstić information content (AvgIpc) is 3.32. The first-order valence-corrected chi connectivity index (χ1v) is 9.65. The van der Waals surface area contributed by atoms with Crippen molar-refractivity contribution in [3.05, 3.63) is 81.0 Å². The summed E-state index contributed by atoms with van der Waals surface area (Å²) in [5, 5.41) is 21.9. The first kappa shape index (κ1) is 15.7. The van der Waals surface area contributed by atoms with Crippen molar-refractivity contribution in [1.82, 2.24) is 5.01 Å². The molecule has 4 nitrogen and oxygen atoms in total. The number of hydrogen-bond acceptors (Lipinski definition) is 5. The van der Waals surface area contributed by atoms with Gasteiger partial charge in [-0.3, -0.25) is 0 Å². The molecule has 3 aromatic rings. The van der Waals surface area contributed by atoms with Gasteiger partial charge in [-0.2, -0.15) is 16.4 Å². The van der Waals surface area contributed by atoms with E-state index < -0.39 is 0 Å². The molecule has 5 rings (SSSR count). The summed E-state index contributed by atoms with van der Waals surface area (Å²) in [4.78, 5) is 0. The summed E-state index contributed by atoms with van der Waals surface area (Å²) in [5.74, 6) is 1.07. The van der Waals surface area contributed by atoms with E-state index >= 15 is 0 Å². The summed E-state index contributed by atoms with van der Waals surface area (Å²) in [5.41, 5.74) is 3.71. The number of rotatable bonds is 2. The number of phenols is 1. The summed E-state index contributed by atoms with van der Waals surface area (Å²) in [6.07, 6.45) is 0.401. The van der Waals surface area contributed by atoms with Gasteiger partial charge in [-0.15, -0.1) is 0 Å². The minimum Gasteiger partial charge on any atom is -0.507 e. The molecule has 0 saturated carbocycles. The predicted molar refractivity (Wildman–Crippen MR) is 103 cm³/mol. The lowest BCUT2D eigenvalue weighted by Crippen LogP contribution is -2.33. The number of hydrogen-bond donors (Lipinski definition) is 1. The molecule has 0 aliphatic carbocycles. The zero-order chi connectivity index (χ0) is 17.7. The fourth-order valence-corrected chi connectivity index (χ4v) is 4.42. The lowest BCUT2D eigenvalue weighted by Gasteiger charge is -2.37. The van der Waals surface area contributed by atoms with Gasteiger partial charge >= 0.3 is 0 Å². The van der Waals surface area contributed by atoms with Crippen LogP contribution in [0.1, 0.15) is 35.4 Å². The molecule has 26 heavy (non-hydrogen) atoms. The first-order valence-electron chi connectivity index (χ1n) is 8.33. The number of benzene rings is 2. The van der Waals surface area contributed by atoms with Gasteiger partial charge in [0.05, 0.1) is 11.8 Å². The highest BCUT2D eigenvalue weighted by Crippen LogP contribution is 2.48. The second kappa shape index (κ2) is 6.04. The second-order valence-corrected chi connectivity index (χ2v) is 7.59. The molecular formula is C20H15ClN2O2S. The van der Waals surface area contributed by atoms with Crippen LogP contribution in [0.25, 0.3) is 0 Å². The molecule has 2 aliphatic rings. The molecule has 2 atom stereocenters. The van der Waals surface area contributed by atoms with Gasteiger partial charge in [0, 0.05) is 28.1 Å². The Morgan fingerprint density at radius 1 is 1.19 bits per heavy atom. The van der Waals surface area contributed by atoms with Gasteiger partial charge in [-0.1, -0.05) is 23.7 Å². The van der Waals surface area contributed by atoms with Gasteiger partial charge in [0.2, 0.25) is 6.23 Å². The van der Waals surface area contributed by atoms with Crippen LogP contribution in [0.4, 0.5) is 0 Å². The Balaban J connectivity index is 1.62. The molecule has 0 saturated heterocycles. The normalized spacial score (nSPS) is 21.0. The van der Waals surface area contributed by atoms with E-state index in [4.69, 9.17) is 21.4 Å². The number of hydrazone groups is 1. The molecule has 1 aromatic heterocycles. The van der Waals surface area contributed by atoms with Gasteiger partial charge in [-0.05, 0) is 47.2 Å². The van der Waals surface area contributed by atoms with Crippen molar-refractivity contribution in [2.24, 2.45) is 5.10 Å². The summed E-state index contributed by atoms with van der Waals surface area (Å²) in [7, 11) is 0. The van der Waals surface area contributed by atoms with Crippen molar-refractivity contribution in [3.63, 3.8) is 0 Å². The van der Waals surface area contributed by atoms with E-state index in [9.17, 15) is 5.11 Å². The van der Waals surface area contributed by atoms with Crippen LogP contribution in [0.5, 0.6) is 11.5 Å². The quantitative estimate of drug-likeness (QED) is 0.649. The summed E-state index contributed by atoms with van der Waals surface area (Å²) in [6, 6.07) is 15.1. The third-order valence-corrected chi connectivity index (χ3v) is 5.73. The highest BCUT2D eigenvalue weighted by molar-refractivity contribution is 7.07. The number of para-hydroxylation sites is 1. The summed E-state index contributed by atoms with van der Waals surface area (Å²) >= 11 is 7.87. The van der Waals surface area contributed by atoms with Crippen molar-refractivity contribution in [1.29, 1.82) is 0 Å². The van der Waals surface area contributed by atoms with Crippen molar-refractivity contribution >= 4 is 28.6 Å². The van der Waals surface area contributed by atoms with Gasteiger partial charge < -0.3 is 9.84 Å². The SMILES string of the molecule is Oc1ccccc1C1=NN2[C@H](C1)c1cc(Cl)ccc1O[C@@H]2c1ccsc1. The molecule has 2 aromatic carbocycles. The Morgan fingerprint density at radius 3 is 2.88 bits per heavy atom. The molecule has 2 aliphatic heterocycles. The monoisotopic (exact) mass is 382 g/mol. The minimum atomic E-state index is -0.289.